The molecule has 0 spiro atoms. The van der Waals surface area contributed by atoms with Crippen LogP contribution in [0.2, 0.25) is 0 Å². The summed E-state index contributed by atoms with van der Waals surface area (Å²) in [7, 11) is -0.824. The summed E-state index contributed by atoms with van der Waals surface area (Å²) >= 11 is 0. The summed E-state index contributed by atoms with van der Waals surface area (Å²) in [4.78, 5) is 11.2. The van der Waals surface area contributed by atoms with E-state index in [1.807, 2.05) is 6.07 Å². The van der Waals surface area contributed by atoms with E-state index in [1.54, 1.807) is 12.3 Å². The molecule has 1 aromatic rings. The molecule has 1 aromatic carbocycles. The van der Waals surface area contributed by atoms with Gasteiger partial charge in [0.15, 0.2) is 0 Å². The second kappa shape index (κ2) is 4.75. The van der Waals surface area contributed by atoms with Gasteiger partial charge < -0.3 is 16.4 Å². The standard InChI is InChI=1S/C11H15N3O2S/c1-17(16)3-2-13-10-6-9-7(4-8(10)12)5-11(15)14-9/h4,6,13H,2-3,5,12H2,1H3,(H,14,15). The summed E-state index contributed by atoms with van der Waals surface area (Å²) in [5.41, 5.74) is 9.00. The molecule has 1 unspecified atom stereocenters. The Morgan fingerprint density at radius 3 is 3.00 bits per heavy atom. The first-order valence-corrected chi connectivity index (χ1v) is 7.05. The minimum absolute atomic E-state index is 0.00814. The zero-order chi connectivity index (χ0) is 12.4. The zero-order valence-electron chi connectivity index (χ0n) is 9.58. The lowest BCUT2D eigenvalue weighted by molar-refractivity contribution is -0.115. The predicted molar refractivity (Wildman–Crippen MR) is 70.6 cm³/mol. The van der Waals surface area contributed by atoms with E-state index in [-0.39, 0.29) is 5.91 Å². The third-order valence-electron chi connectivity index (χ3n) is 2.61. The van der Waals surface area contributed by atoms with Gasteiger partial charge in [0.25, 0.3) is 0 Å². The molecule has 1 atom stereocenters. The van der Waals surface area contributed by atoms with E-state index in [0.29, 0.717) is 24.4 Å². The summed E-state index contributed by atoms with van der Waals surface area (Å²) < 4.78 is 10.9. The van der Waals surface area contributed by atoms with Crippen molar-refractivity contribution in [2.24, 2.45) is 0 Å². The number of amides is 1. The maximum Gasteiger partial charge on any atom is 0.228 e. The van der Waals surface area contributed by atoms with Crippen LogP contribution in [0.25, 0.3) is 0 Å². The van der Waals surface area contributed by atoms with Crippen LogP contribution in [0.1, 0.15) is 5.56 Å². The Bertz CT molecular complexity index is 488. The average molecular weight is 253 g/mol. The number of nitrogens with one attached hydrogen (secondary N) is 2. The first kappa shape index (κ1) is 11.9. The molecule has 0 saturated heterocycles. The van der Waals surface area contributed by atoms with Crippen LogP contribution in [0, 0.1) is 0 Å². The first-order valence-electron chi connectivity index (χ1n) is 5.32. The van der Waals surface area contributed by atoms with Crippen LogP contribution in [-0.4, -0.2) is 28.7 Å². The van der Waals surface area contributed by atoms with E-state index < -0.39 is 10.8 Å². The number of rotatable bonds is 4. The fourth-order valence-corrected chi connectivity index (χ4v) is 2.17. The Morgan fingerprint density at radius 1 is 1.53 bits per heavy atom. The minimum Gasteiger partial charge on any atom is -0.397 e. The molecule has 0 bridgehead atoms. The highest BCUT2D eigenvalue weighted by molar-refractivity contribution is 7.84. The molecule has 1 aliphatic rings. The van der Waals surface area contributed by atoms with E-state index in [1.165, 1.54) is 0 Å². The summed E-state index contributed by atoms with van der Waals surface area (Å²) in [6.07, 6.45) is 2.05. The van der Waals surface area contributed by atoms with Gasteiger partial charge in [-0.3, -0.25) is 9.00 Å². The third-order valence-corrected chi connectivity index (χ3v) is 3.38. The number of anilines is 3. The van der Waals surface area contributed by atoms with E-state index in [4.69, 9.17) is 5.73 Å². The van der Waals surface area contributed by atoms with E-state index in [2.05, 4.69) is 10.6 Å². The van der Waals surface area contributed by atoms with Crippen molar-refractivity contribution in [2.45, 2.75) is 6.42 Å². The monoisotopic (exact) mass is 253 g/mol. The lowest BCUT2D eigenvalue weighted by Gasteiger charge is -2.10. The second-order valence-corrected chi connectivity index (χ2v) is 5.58. The van der Waals surface area contributed by atoms with Crippen LogP contribution in [0.15, 0.2) is 12.1 Å². The van der Waals surface area contributed by atoms with Crippen LogP contribution < -0.4 is 16.4 Å². The van der Waals surface area contributed by atoms with Gasteiger partial charge in [-0.05, 0) is 17.7 Å². The topological polar surface area (TPSA) is 84.2 Å². The molecule has 0 fully saturated rings. The lowest BCUT2D eigenvalue weighted by Crippen LogP contribution is -2.11. The zero-order valence-corrected chi connectivity index (χ0v) is 10.4. The molecule has 0 radical (unpaired) electrons. The Morgan fingerprint density at radius 2 is 2.29 bits per heavy atom. The molecule has 4 N–H and O–H groups in total. The summed E-state index contributed by atoms with van der Waals surface area (Å²) in [5.74, 6) is 0.564. The molecule has 1 amide bonds. The summed E-state index contributed by atoms with van der Waals surface area (Å²) in [6, 6.07) is 3.63. The average Bonchev–Trinajstić information content (AvgIpc) is 2.57. The molecule has 0 aliphatic carbocycles. The molecule has 17 heavy (non-hydrogen) atoms. The molecule has 0 saturated carbocycles. The van der Waals surface area contributed by atoms with Crippen LogP contribution >= 0.6 is 0 Å². The number of carbonyl (C=O) groups is 1. The Labute approximate surface area is 102 Å². The molecular weight excluding hydrogens is 238 g/mol. The maximum absolute atomic E-state index is 11.2. The smallest absolute Gasteiger partial charge is 0.228 e. The quantitative estimate of drug-likeness (QED) is 0.684. The van der Waals surface area contributed by atoms with Crippen LogP contribution in [0.3, 0.4) is 0 Å². The van der Waals surface area contributed by atoms with E-state index in [0.717, 1.165) is 16.9 Å². The van der Waals surface area contributed by atoms with Gasteiger partial charge in [0.05, 0.1) is 17.8 Å². The highest BCUT2D eigenvalue weighted by atomic mass is 32.2. The fourth-order valence-electron chi connectivity index (χ4n) is 1.78. The highest BCUT2D eigenvalue weighted by Gasteiger charge is 2.19. The number of nitrogens with two attached hydrogens (primary N) is 1. The molecule has 1 aliphatic heterocycles. The fraction of sp³-hybridized carbons (Fsp3) is 0.364. The van der Waals surface area contributed by atoms with Gasteiger partial charge >= 0.3 is 0 Å². The number of fused-ring (bicyclic) bond motifs is 1. The van der Waals surface area contributed by atoms with Crippen LogP contribution in [-0.2, 0) is 22.0 Å². The van der Waals surface area contributed by atoms with Gasteiger partial charge in [-0.1, -0.05) is 0 Å². The van der Waals surface area contributed by atoms with E-state index in [9.17, 15) is 9.00 Å². The number of hydrogen-bond donors (Lipinski definition) is 3. The Kier molecular flexibility index (Phi) is 3.33. The molecule has 6 heteroatoms. The van der Waals surface area contributed by atoms with Gasteiger partial charge in [0.2, 0.25) is 5.91 Å². The number of benzene rings is 1. The lowest BCUT2D eigenvalue weighted by atomic mass is 10.1. The summed E-state index contributed by atoms with van der Waals surface area (Å²) in [6.45, 7) is 0.597. The van der Waals surface area contributed by atoms with Crippen molar-refractivity contribution in [3.05, 3.63) is 17.7 Å². The third kappa shape index (κ3) is 2.76. The number of hydrogen-bond acceptors (Lipinski definition) is 4. The highest BCUT2D eigenvalue weighted by Crippen LogP contribution is 2.31. The Balaban J connectivity index is 2.11. The van der Waals surface area contributed by atoms with Crippen molar-refractivity contribution < 1.29 is 9.00 Å². The van der Waals surface area contributed by atoms with Gasteiger partial charge in [0, 0.05) is 35.0 Å². The van der Waals surface area contributed by atoms with Gasteiger partial charge in [-0.2, -0.15) is 0 Å². The minimum atomic E-state index is -0.824. The molecule has 5 nitrogen and oxygen atoms in total. The molecular formula is C11H15N3O2S. The van der Waals surface area contributed by atoms with Crippen molar-refractivity contribution in [2.75, 3.05) is 34.9 Å². The van der Waals surface area contributed by atoms with Gasteiger partial charge in [-0.25, -0.2) is 0 Å². The Hall–Kier alpha value is -1.56. The van der Waals surface area contributed by atoms with Crippen molar-refractivity contribution in [3.63, 3.8) is 0 Å². The predicted octanol–water partition coefficient (Wildman–Crippen LogP) is 0.554. The van der Waals surface area contributed by atoms with Crippen LogP contribution in [0.5, 0.6) is 0 Å². The van der Waals surface area contributed by atoms with Crippen molar-refractivity contribution in [1.82, 2.24) is 0 Å². The van der Waals surface area contributed by atoms with Crippen LogP contribution in [0.4, 0.5) is 17.1 Å². The molecule has 1 heterocycles. The van der Waals surface area contributed by atoms with Crippen molar-refractivity contribution >= 4 is 33.8 Å². The maximum atomic E-state index is 11.2. The number of nitrogen functional groups attached to an aromatic ring is 1. The van der Waals surface area contributed by atoms with Crippen molar-refractivity contribution in [1.29, 1.82) is 0 Å². The molecule has 92 valence electrons. The number of carbonyl (C=O) groups excluding carboxylic acids is 1. The largest absolute Gasteiger partial charge is 0.397 e. The first-order chi connectivity index (χ1) is 8.06. The van der Waals surface area contributed by atoms with Gasteiger partial charge in [-0.15, -0.1) is 0 Å². The SMILES string of the molecule is CS(=O)CCNc1cc2c(cc1N)CC(=O)N2. The van der Waals surface area contributed by atoms with Crippen molar-refractivity contribution in [3.8, 4) is 0 Å². The molecule has 0 aromatic heterocycles. The second-order valence-electron chi connectivity index (χ2n) is 4.03. The molecule has 2 rings (SSSR count). The normalized spacial score (nSPS) is 15.2. The summed E-state index contributed by atoms with van der Waals surface area (Å²) in [5, 5.41) is 5.89. The van der Waals surface area contributed by atoms with E-state index >= 15 is 0 Å². The van der Waals surface area contributed by atoms with Gasteiger partial charge in [0.1, 0.15) is 0 Å².